The van der Waals surface area contributed by atoms with Crippen molar-refractivity contribution >= 4 is 17.5 Å². The van der Waals surface area contributed by atoms with Gasteiger partial charge in [0.15, 0.2) is 5.82 Å². The number of nitriles is 1. The molecule has 0 radical (unpaired) electrons. The summed E-state index contributed by atoms with van der Waals surface area (Å²) in [6, 6.07) is 7.48. The predicted octanol–water partition coefficient (Wildman–Crippen LogP) is 0.447. The molecule has 1 aliphatic rings. The minimum Gasteiger partial charge on any atom is -0.353 e. The van der Waals surface area contributed by atoms with Gasteiger partial charge in [0, 0.05) is 51.7 Å². The van der Waals surface area contributed by atoms with Crippen molar-refractivity contribution in [3.05, 3.63) is 36.2 Å². The first kappa shape index (κ1) is 16.0. The number of nitrogens with one attached hydrogen (secondary N) is 1. The molecule has 0 bridgehead atoms. The SMILES string of the molecule is Cn1ccc(NC(=O)CN2CCN(c3ncccc3C#N)CC2)n1. The summed E-state index contributed by atoms with van der Waals surface area (Å²) >= 11 is 0. The second kappa shape index (κ2) is 7.10. The highest BCUT2D eigenvalue weighted by atomic mass is 16.2. The van der Waals surface area contributed by atoms with Gasteiger partial charge in [0.05, 0.1) is 12.1 Å². The van der Waals surface area contributed by atoms with E-state index in [0.29, 0.717) is 17.9 Å². The zero-order valence-corrected chi connectivity index (χ0v) is 13.5. The van der Waals surface area contributed by atoms with Crippen LogP contribution in [0.4, 0.5) is 11.6 Å². The van der Waals surface area contributed by atoms with E-state index in [1.165, 1.54) is 0 Å². The van der Waals surface area contributed by atoms with Crippen LogP contribution in [-0.2, 0) is 11.8 Å². The van der Waals surface area contributed by atoms with Gasteiger partial charge in [0.1, 0.15) is 11.9 Å². The lowest BCUT2D eigenvalue weighted by atomic mass is 10.2. The zero-order valence-electron chi connectivity index (χ0n) is 13.5. The Labute approximate surface area is 140 Å². The number of amides is 1. The number of aromatic nitrogens is 3. The molecule has 8 nitrogen and oxygen atoms in total. The minimum absolute atomic E-state index is 0.0716. The Balaban J connectivity index is 1.52. The van der Waals surface area contributed by atoms with Crippen molar-refractivity contribution in [1.82, 2.24) is 19.7 Å². The number of anilines is 2. The third-order valence-corrected chi connectivity index (χ3v) is 3.93. The molecule has 1 N–H and O–H groups in total. The van der Waals surface area contributed by atoms with E-state index in [2.05, 4.69) is 31.3 Å². The topological polar surface area (TPSA) is 90.1 Å². The lowest BCUT2D eigenvalue weighted by Crippen LogP contribution is -2.49. The summed E-state index contributed by atoms with van der Waals surface area (Å²) in [7, 11) is 1.81. The Kier molecular flexibility index (Phi) is 4.72. The fourth-order valence-electron chi connectivity index (χ4n) is 2.72. The van der Waals surface area contributed by atoms with Crippen LogP contribution >= 0.6 is 0 Å². The van der Waals surface area contributed by atoms with Gasteiger partial charge in [0.2, 0.25) is 5.91 Å². The molecule has 3 rings (SSSR count). The van der Waals surface area contributed by atoms with Crippen molar-refractivity contribution in [2.45, 2.75) is 0 Å². The molecule has 1 fully saturated rings. The summed E-state index contributed by atoms with van der Waals surface area (Å²) in [4.78, 5) is 20.6. The third kappa shape index (κ3) is 3.70. The van der Waals surface area contributed by atoms with E-state index >= 15 is 0 Å². The largest absolute Gasteiger partial charge is 0.353 e. The number of aryl methyl sites for hydroxylation is 1. The first-order chi connectivity index (χ1) is 11.7. The first-order valence-corrected chi connectivity index (χ1v) is 7.77. The van der Waals surface area contributed by atoms with Crippen molar-refractivity contribution in [2.75, 3.05) is 42.9 Å². The molecule has 0 unspecified atom stereocenters. The van der Waals surface area contributed by atoms with Crippen LogP contribution in [0, 0.1) is 11.3 Å². The standard InChI is InChI=1S/C16H19N7O/c1-21-6-4-14(20-21)19-15(24)12-22-7-9-23(10-8-22)16-13(11-17)3-2-5-18-16/h2-6H,7-10,12H2,1H3,(H,19,20,24). The molecular formula is C16H19N7O. The van der Waals surface area contributed by atoms with E-state index in [1.54, 1.807) is 35.3 Å². The van der Waals surface area contributed by atoms with E-state index < -0.39 is 0 Å². The number of nitrogens with zero attached hydrogens (tertiary/aromatic N) is 6. The second-order valence-electron chi connectivity index (χ2n) is 5.67. The Bertz CT molecular complexity index is 756. The molecule has 0 spiro atoms. The molecule has 1 amide bonds. The van der Waals surface area contributed by atoms with E-state index in [-0.39, 0.29) is 5.91 Å². The number of carbonyl (C=O) groups excluding carboxylic acids is 1. The van der Waals surface area contributed by atoms with Gasteiger partial charge < -0.3 is 10.2 Å². The normalized spacial score (nSPS) is 15.1. The summed E-state index contributed by atoms with van der Waals surface area (Å²) in [5.41, 5.74) is 0.582. The third-order valence-electron chi connectivity index (χ3n) is 3.93. The Morgan fingerprint density at radius 2 is 2.12 bits per heavy atom. The molecule has 3 heterocycles. The second-order valence-corrected chi connectivity index (χ2v) is 5.67. The molecular weight excluding hydrogens is 306 g/mol. The maximum atomic E-state index is 12.1. The van der Waals surface area contributed by atoms with Crippen molar-refractivity contribution in [3.8, 4) is 6.07 Å². The number of carbonyl (C=O) groups is 1. The van der Waals surface area contributed by atoms with Crippen LogP contribution < -0.4 is 10.2 Å². The van der Waals surface area contributed by atoms with Crippen LogP contribution in [0.2, 0.25) is 0 Å². The molecule has 8 heteroatoms. The van der Waals surface area contributed by atoms with E-state index in [9.17, 15) is 10.1 Å². The van der Waals surface area contributed by atoms with Gasteiger partial charge in [0.25, 0.3) is 0 Å². The average molecular weight is 325 g/mol. The lowest BCUT2D eigenvalue weighted by Gasteiger charge is -2.35. The van der Waals surface area contributed by atoms with Crippen LogP contribution in [0.15, 0.2) is 30.6 Å². The molecule has 0 saturated carbocycles. The van der Waals surface area contributed by atoms with Crippen molar-refractivity contribution in [1.29, 1.82) is 5.26 Å². The van der Waals surface area contributed by atoms with Gasteiger partial charge >= 0.3 is 0 Å². The fraction of sp³-hybridized carbons (Fsp3) is 0.375. The first-order valence-electron chi connectivity index (χ1n) is 7.77. The highest BCUT2D eigenvalue weighted by Crippen LogP contribution is 2.17. The number of pyridine rings is 1. The van der Waals surface area contributed by atoms with Crippen LogP contribution in [0.1, 0.15) is 5.56 Å². The zero-order chi connectivity index (χ0) is 16.9. The number of hydrogen-bond donors (Lipinski definition) is 1. The van der Waals surface area contributed by atoms with E-state index in [4.69, 9.17) is 0 Å². The van der Waals surface area contributed by atoms with Crippen LogP contribution in [0.3, 0.4) is 0 Å². The molecule has 24 heavy (non-hydrogen) atoms. The molecule has 124 valence electrons. The molecule has 1 aliphatic heterocycles. The average Bonchev–Trinajstić information content (AvgIpc) is 3.00. The molecule has 2 aromatic heterocycles. The van der Waals surface area contributed by atoms with Gasteiger partial charge in [-0.05, 0) is 12.1 Å². The minimum atomic E-state index is -0.0716. The quantitative estimate of drug-likeness (QED) is 0.878. The fourth-order valence-corrected chi connectivity index (χ4v) is 2.72. The van der Waals surface area contributed by atoms with Crippen molar-refractivity contribution in [2.24, 2.45) is 7.05 Å². The van der Waals surface area contributed by atoms with Crippen molar-refractivity contribution in [3.63, 3.8) is 0 Å². The molecule has 1 saturated heterocycles. The predicted molar refractivity (Wildman–Crippen MR) is 89.4 cm³/mol. The number of rotatable bonds is 4. The molecule has 0 atom stereocenters. The van der Waals surface area contributed by atoms with Crippen LogP contribution in [0.5, 0.6) is 0 Å². The molecule has 0 aliphatic carbocycles. The van der Waals surface area contributed by atoms with Gasteiger partial charge in [-0.3, -0.25) is 14.4 Å². The highest BCUT2D eigenvalue weighted by Gasteiger charge is 2.21. The number of hydrogen-bond acceptors (Lipinski definition) is 6. The maximum absolute atomic E-state index is 12.1. The summed E-state index contributed by atoms with van der Waals surface area (Å²) in [6.07, 6.45) is 3.48. The van der Waals surface area contributed by atoms with Crippen LogP contribution in [0.25, 0.3) is 0 Å². The Morgan fingerprint density at radius 3 is 2.79 bits per heavy atom. The lowest BCUT2D eigenvalue weighted by molar-refractivity contribution is -0.117. The summed E-state index contributed by atoms with van der Waals surface area (Å²) < 4.78 is 1.65. The van der Waals surface area contributed by atoms with Gasteiger partial charge in [-0.25, -0.2) is 4.98 Å². The summed E-state index contributed by atoms with van der Waals surface area (Å²) in [5, 5.41) is 16.1. The van der Waals surface area contributed by atoms with E-state index in [0.717, 1.165) is 32.0 Å². The Morgan fingerprint density at radius 1 is 1.33 bits per heavy atom. The molecule has 2 aromatic rings. The molecule has 0 aromatic carbocycles. The monoisotopic (exact) mass is 325 g/mol. The number of piperazine rings is 1. The van der Waals surface area contributed by atoms with Gasteiger partial charge in [-0.1, -0.05) is 0 Å². The smallest absolute Gasteiger partial charge is 0.239 e. The van der Waals surface area contributed by atoms with Crippen molar-refractivity contribution < 1.29 is 4.79 Å². The Hall–Kier alpha value is -2.92. The highest BCUT2D eigenvalue weighted by molar-refractivity contribution is 5.91. The maximum Gasteiger partial charge on any atom is 0.239 e. The van der Waals surface area contributed by atoms with Crippen LogP contribution in [-0.4, -0.2) is 58.3 Å². The van der Waals surface area contributed by atoms with Gasteiger partial charge in [-0.2, -0.15) is 10.4 Å². The summed E-state index contributed by atoms with van der Waals surface area (Å²) in [6.45, 7) is 3.30. The van der Waals surface area contributed by atoms with E-state index in [1.807, 2.05) is 7.05 Å². The summed E-state index contributed by atoms with van der Waals surface area (Å²) in [5.74, 6) is 1.21. The van der Waals surface area contributed by atoms with Gasteiger partial charge in [-0.15, -0.1) is 0 Å².